The number of hydrogen-bond acceptors (Lipinski definition) is 7. The van der Waals surface area contributed by atoms with E-state index in [9.17, 15) is 13.2 Å². The van der Waals surface area contributed by atoms with Gasteiger partial charge in [0.05, 0.1) is 22.2 Å². The highest BCUT2D eigenvalue weighted by molar-refractivity contribution is 7.99. The molecule has 0 aliphatic carbocycles. The van der Waals surface area contributed by atoms with Crippen LogP contribution in [0.25, 0.3) is 5.69 Å². The topological polar surface area (TPSA) is 110 Å². The van der Waals surface area contributed by atoms with Crippen molar-refractivity contribution in [2.75, 3.05) is 24.2 Å². The smallest absolute Gasteiger partial charge is 0.244 e. The van der Waals surface area contributed by atoms with Crippen molar-refractivity contribution >= 4 is 45.0 Å². The highest BCUT2D eigenvalue weighted by Gasteiger charge is 2.27. The fourth-order valence-corrected chi connectivity index (χ4v) is 5.43. The van der Waals surface area contributed by atoms with Gasteiger partial charge in [-0.05, 0) is 43.2 Å². The van der Waals surface area contributed by atoms with E-state index in [0.717, 1.165) is 12.8 Å². The van der Waals surface area contributed by atoms with E-state index in [1.807, 2.05) is 0 Å². The molecule has 4 rings (SSSR count). The maximum absolute atomic E-state index is 12.6. The third kappa shape index (κ3) is 5.06. The average Bonchev–Trinajstić information content (AvgIpc) is 3.47. The normalized spacial score (nSPS) is 14.6. The van der Waals surface area contributed by atoms with Crippen LogP contribution in [-0.4, -0.2) is 57.2 Å². The lowest BCUT2D eigenvalue weighted by molar-refractivity contribution is -0.113. The van der Waals surface area contributed by atoms with E-state index < -0.39 is 10.0 Å². The summed E-state index contributed by atoms with van der Waals surface area (Å²) in [6.07, 6.45) is 6.01. The molecule has 1 N–H and O–H groups in total. The molecule has 1 aliphatic rings. The second kappa shape index (κ2) is 9.35. The van der Waals surface area contributed by atoms with Crippen LogP contribution in [0.5, 0.6) is 0 Å². The van der Waals surface area contributed by atoms with Crippen molar-refractivity contribution < 1.29 is 13.2 Å². The van der Waals surface area contributed by atoms with Crippen LogP contribution < -0.4 is 5.32 Å². The third-order valence-corrected chi connectivity index (χ3v) is 7.72. The Hall–Kier alpha value is -2.47. The van der Waals surface area contributed by atoms with Crippen molar-refractivity contribution in [1.29, 1.82) is 0 Å². The van der Waals surface area contributed by atoms with Gasteiger partial charge in [0.15, 0.2) is 0 Å². The number of sulfonamides is 1. The minimum Gasteiger partial charge on any atom is -0.323 e. The molecule has 9 nitrogen and oxygen atoms in total. The molecule has 1 fully saturated rings. The maximum atomic E-state index is 12.6. The standard InChI is InChI=1S/C19H19ClN6O3S2/c20-14-3-5-17(26-13-21-12-23-26)16(9-14)24-18(27)11-30-19-6-4-15(10-22-19)31(28,29)25-7-1-2-8-25/h3-6,9-10,12-13H,1-2,7-8,11H2,(H,24,27). The first kappa shape index (κ1) is 21.8. The van der Waals surface area contributed by atoms with E-state index in [0.29, 0.717) is 34.5 Å². The average molecular weight is 479 g/mol. The lowest BCUT2D eigenvalue weighted by atomic mass is 10.2. The molecule has 1 aromatic carbocycles. The zero-order chi connectivity index (χ0) is 21.8. The highest BCUT2D eigenvalue weighted by atomic mass is 35.5. The van der Waals surface area contributed by atoms with Crippen LogP contribution in [0.4, 0.5) is 5.69 Å². The number of benzene rings is 1. The van der Waals surface area contributed by atoms with Gasteiger partial charge in [-0.3, -0.25) is 4.79 Å². The van der Waals surface area contributed by atoms with Gasteiger partial charge >= 0.3 is 0 Å². The SMILES string of the molecule is O=C(CSc1ccc(S(=O)(=O)N2CCCC2)cn1)Nc1cc(Cl)ccc1-n1cncn1. The number of rotatable bonds is 7. The molecule has 1 amide bonds. The van der Waals surface area contributed by atoms with Crippen LogP contribution in [0.1, 0.15) is 12.8 Å². The van der Waals surface area contributed by atoms with Crippen LogP contribution >= 0.6 is 23.4 Å². The van der Waals surface area contributed by atoms with Crippen molar-refractivity contribution in [3.05, 3.63) is 54.2 Å². The molecule has 1 aliphatic heterocycles. The summed E-state index contributed by atoms with van der Waals surface area (Å²) in [6, 6.07) is 8.21. The summed E-state index contributed by atoms with van der Waals surface area (Å²) in [4.78, 5) is 20.8. The van der Waals surface area contributed by atoms with Gasteiger partial charge in [-0.2, -0.15) is 9.40 Å². The zero-order valence-electron chi connectivity index (χ0n) is 16.3. The number of nitrogens with one attached hydrogen (secondary N) is 1. The van der Waals surface area contributed by atoms with Crippen molar-refractivity contribution in [2.24, 2.45) is 0 Å². The molecule has 12 heteroatoms. The molecule has 0 spiro atoms. The number of thioether (sulfide) groups is 1. The number of nitrogens with zero attached hydrogens (tertiary/aromatic N) is 5. The lowest BCUT2D eigenvalue weighted by Crippen LogP contribution is -2.27. The van der Waals surface area contributed by atoms with Crippen molar-refractivity contribution in [3.63, 3.8) is 0 Å². The Morgan fingerprint density at radius 1 is 1.19 bits per heavy atom. The molecule has 0 bridgehead atoms. The summed E-state index contributed by atoms with van der Waals surface area (Å²) in [5.41, 5.74) is 1.14. The molecule has 3 heterocycles. The van der Waals surface area contributed by atoms with E-state index in [2.05, 4.69) is 20.4 Å². The van der Waals surface area contributed by atoms with Gasteiger partial charge in [0.1, 0.15) is 17.6 Å². The van der Waals surface area contributed by atoms with Crippen LogP contribution in [0.3, 0.4) is 0 Å². The van der Waals surface area contributed by atoms with Crippen LogP contribution in [0.2, 0.25) is 5.02 Å². The van der Waals surface area contributed by atoms with Gasteiger partial charge in [0.25, 0.3) is 0 Å². The fraction of sp³-hybridized carbons (Fsp3) is 0.263. The summed E-state index contributed by atoms with van der Waals surface area (Å²) >= 11 is 7.28. The Morgan fingerprint density at radius 2 is 2.00 bits per heavy atom. The number of hydrogen-bond donors (Lipinski definition) is 1. The molecule has 0 atom stereocenters. The maximum Gasteiger partial charge on any atom is 0.244 e. The van der Waals surface area contributed by atoms with Crippen LogP contribution in [-0.2, 0) is 14.8 Å². The summed E-state index contributed by atoms with van der Waals surface area (Å²) < 4.78 is 28.1. The van der Waals surface area contributed by atoms with E-state index in [4.69, 9.17) is 11.6 Å². The molecule has 3 aromatic rings. The summed E-state index contributed by atoms with van der Waals surface area (Å²) in [5.74, 6) is -0.168. The van der Waals surface area contributed by atoms with Gasteiger partial charge in [-0.15, -0.1) is 0 Å². The first-order valence-corrected chi connectivity index (χ1v) is 12.3. The van der Waals surface area contributed by atoms with Gasteiger partial charge < -0.3 is 5.32 Å². The second-order valence-electron chi connectivity index (χ2n) is 6.78. The first-order chi connectivity index (χ1) is 14.9. The van der Waals surface area contributed by atoms with Crippen molar-refractivity contribution in [3.8, 4) is 5.69 Å². The second-order valence-corrected chi connectivity index (χ2v) is 10.2. The van der Waals surface area contributed by atoms with Crippen molar-refractivity contribution in [2.45, 2.75) is 22.8 Å². The molecule has 162 valence electrons. The zero-order valence-corrected chi connectivity index (χ0v) is 18.7. The Balaban J connectivity index is 1.39. The third-order valence-electron chi connectivity index (χ3n) is 4.66. The molecule has 0 unspecified atom stereocenters. The summed E-state index contributed by atoms with van der Waals surface area (Å²) in [6.45, 7) is 1.08. The van der Waals surface area contributed by atoms with Crippen LogP contribution in [0.15, 0.2) is 59.1 Å². The minimum absolute atomic E-state index is 0.0918. The van der Waals surface area contributed by atoms with E-state index in [1.54, 1.807) is 24.3 Å². The number of pyridine rings is 1. The quantitative estimate of drug-likeness (QED) is 0.520. The Bertz CT molecular complexity index is 1160. The fourth-order valence-electron chi connectivity index (χ4n) is 3.15. The molecule has 0 radical (unpaired) electrons. The van der Waals surface area contributed by atoms with Crippen molar-refractivity contribution in [1.82, 2.24) is 24.1 Å². The van der Waals surface area contributed by atoms with Gasteiger partial charge in [0.2, 0.25) is 15.9 Å². The number of amides is 1. The Kier molecular flexibility index (Phi) is 6.56. The first-order valence-electron chi connectivity index (χ1n) is 9.47. The van der Waals surface area contributed by atoms with Gasteiger partial charge in [-0.25, -0.2) is 23.1 Å². The highest BCUT2D eigenvalue weighted by Crippen LogP contribution is 2.25. The molecule has 2 aromatic heterocycles. The largest absolute Gasteiger partial charge is 0.323 e. The number of halogens is 1. The number of carbonyl (C=O) groups is 1. The minimum atomic E-state index is -3.50. The van der Waals surface area contributed by atoms with Crippen LogP contribution in [0, 0.1) is 0 Å². The molecular weight excluding hydrogens is 460 g/mol. The number of aromatic nitrogens is 4. The van der Waals surface area contributed by atoms with Gasteiger partial charge in [0, 0.05) is 24.3 Å². The Labute approximate surface area is 188 Å². The lowest BCUT2D eigenvalue weighted by Gasteiger charge is -2.15. The molecule has 0 saturated carbocycles. The van der Waals surface area contributed by atoms with E-state index >= 15 is 0 Å². The predicted octanol–water partition coefficient (Wildman–Crippen LogP) is 2.83. The molecule has 1 saturated heterocycles. The summed E-state index contributed by atoms with van der Waals surface area (Å²) in [5, 5.41) is 7.93. The summed E-state index contributed by atoms with van der Waals surface area (Å²) in [7, 11) is -3.50. The van der Waals surface area contributed by atoms with E-state index in [1.165, 1.54) is 45.7 Å². The monoisotopic (exact) mass is 478 g/mol. The number of anilines is 1. The molecule has 31 heavy (non-hydrogen) atoms. The Morgan fingerprint density at radius 3 is 2.68 bits per heavy atom. The number of carbonyl (C=O) groups excluding carboxylic acids is 1. The molecular formula is C19H19ClN6O3S2. The van der Waals surface area contributed by atoms with Gasteiger partial charge in [-0.1, -0.05) is 23.4 Å². The van der Waals surface area contributed by atoms with E-state index in [-0.39, 0.29) is 16.6 Å². The predicted molar refractivity (Wildman–Crippen MR) is 118 cm³/mol.